The van der Waals surface area contributed by atoms with Crippen molar-refractivity contribution in [3.63, 3.8) is 0 Å². The van der Waals surface area contributed by atoms with Gasteiger partial charge in [-0.1, -0.05) is 25.4 Å². The van der Waals surface area contributed by atoms with Gasteiger partial charge in [-0.3, -0.25) is 9.59 Å². The number of hydrogen-bond acceptors (Lipinski definition) is 3. The van der Waals surface area contributed by atoms with Crippen LogP contribution < -0.4 is 4.90 Å². The molecule has 0 fully saturated rings. The largest absolute Gasteiger partial charge is 0.269 e. The summed E-state index contributed by atoms with van der Waals surface area (Å²) in [5.74, 6) is 0.812. The lowest BCUT2D eigenvalue weighted by Crippen LogP contribution is -2.33. The van der Waals surface area contributed by atoms with E-state index >= 15 is 0 Å². The number of aromatic nitrogens is 1. The number of carbonyl (C=O) groups is 2. The highest BCUT2D eigenvalue weighted by Gasteiger charge is 2.43. The maximum atomic E-state index is 12.7. The van der Waals surface area contributed by atoms with Crippen molar-refractivity contribution in [2.24, 2.45) is 11.8 Å². The zero-order chi connectivity index (χ0) is 16.2. The van der Waals surface area contributed by atoms with Gasteiger partial charge in [0.1, 0.15) is 5.82 Å². The number of halogens is 1. The Labute approximate surface area is 135 Å². The molecule has 22 heavy (non-hydrogen) atoms. The standard InChI is InChI=1S/C17H19ClN2O2/c1-8-5-12-13(6-9(8)2)17(22)20(16(12)21)15-10(3)7-14(18)11(4)19-15/h7-9H,5-6H2,1-4H3. The van der Waals surface area contributed by atoms with Gasteiger partial charge < -0.3 is 0 Å². The Bertz CT molecular complexity index is 692. The van der Waals surface area contributed by atoms with Crippen LogP contribution in [0, 0.1) is 25.7 Å². The summed E-state index contributed by atoms with van der Waals surface area (Å²) in [7, 11) is 0. The molecule has 3 rings (SSSR count). The smallest absolute Gasteiger partial charge is 0.262 e. The molecule has 1 aliphatic heterocycles. The van der Waals surface area contributed by atoms with Crippen molar-refractivity contribution in [2.45, 2.75) is 40.5 Å². The fourth-order valence-electron chi connectivity index (χ4n) is 3.17. The number of rotatable bonds is 1. The van der Waals surface area contributed by atoms with Crippen molar-refractivity contribution in [3.8, 4) is 0 Å². The molecular formula is C17H19ClN2O2. The van der Waals surface area contributed by atoms with Crippen LogP contribution >= 0.6 is 11.6 Å². The van der Waals surface area contributed by atoms with Gasteiger partial charge in [-0.2, -0.15) is 0 Å². The molecule has 0 N–H and O–H groups in total. The Morgan fingerprint density at radius 2 is 1.59 bits per heavy atom. The van der Waals surface area contributed by atoms with Gasteiger partial charge in [0.2, 0.25) is 0 Å². The van der Waals surface area contributed by atoms with Crippen LogP contribution in [0.25, 0.3) is 0 Å². The second kappa shape index (κ2) is 5.20. The Kier molecular flexibility index (Phi) is 3.60. The van der Waals surface area contributed by atoms with Crippen LogP contribution in [-0.2, 0) is 9.59 Å². The van der Waals surface area contributed by atoms with E-state index in [1.54, 1.807) is 13.0 Å². The molecule has 0 saturated heterocycles. The summed E-state index contributed by atoms with van der Waals surface area (Å²) in [6, 6.07) is 1.75. The van der Waals surface area contributed by atoms with E-state index in [1.165, 1.54) is 4.90 Å². The van der Waals surface area contributed by atoms with Crippen molar-refractivity contribution in [2.75, 3.05) is 4.90 Å². The van der Waals surface area contributed by atoms with Crippen molar-refractivity contribution < 1.29 is 9.59 Å². The van der Waals surface area contributed by atoms with E-state index < -0.39 is 0 Å². The molecule has 2 heterocycles. The van der Waals surface area contributed by atoms with E-state index in [4.69, 9.17) is 11.6 Å². The van der Waals surface area contributed by atoms with Gasteiger partial charge in [0.05, 0.1) is 10.7 Å². The molecule has 1 aliphatic carbocycles. The number of aryl methyl sites for hydroxylation is 2. The average molecular weight is 319 g/mol. The first-order chi connectivity index (χ1) is 10.3. The number of nitrogens with zero attached hydrogens (tertiary/aromatic N) is 2. The zero-order valence-electron chi connectivity index (χ0n) is 13.2. The third-order valence-electron chi connectivity index (χ3n) is 4.84. The third-order valence-corrected chi connectivity index (χ3v) is 5.22. The molecule has 2 unspecified atom stereocenters. The van der Waals surface area contributed by atoms with Crippen molar-refractivity contribution in [3.05, 3.63) is 33.5 Å². The molecule has 2 aliphatic rings. The Morgan fingerprint density at radius 3 is 2.09 bits per heavy atom. The van der Waals surface area contributed by atoms with Crippen molar-refractivity contribution in [1.82, 2.24) is 4.98 Å². The number of imide groups is 1. The molecule has 0 bridgehead atoms. The summed E-state index contributed by atoms with van der Waals surface area (Å²) in [6.45, 7) is 7.85. The molecule has 4 nitrogen and oxygen atoms in total. The van der Waals surface area contributed by atoms with Gasteiger partial charge in [0.15, 0.2) is 0 Å². The van der Waals surface area contributed by atoms with Gasteiger partial charge in [0, 0.05) is 11.1 Å². The number of anilines is 1. The number of carbonyl (C=O) groups excluding carboxylic acids is 2. The van der Waals surface area contributed by atoms with Crippen LogP contribution in [0.5, 0.6) is 0 Å². The highest BCUT2D eigenvalue weighted by atomic mass is 35.5. The fraction of sp³-hybridized carbons (Fsp3) is 0.471. The highest BCUT2D eigenvalue weighted by Crippen LogP contribution is 2.41. The van der Waals surface area contributed by atoms with Gasteiger partial charge in [0.25, 0.3) is 11.8 Å². The van der Waals surface area contributed by atoms with Crippen LogP contribution in [-0.4, -0.2) is 16.8 Å². The van der Waals surface area contributed by atoms with E-state index in [2.05, 4.69) is 18.8 Å². The van der Waals surface area contributed by atoms with E-state index in [1.807, 2.05) is 6.92 Å². The topological polar surface area (TPSA) is 50.3 Å². The highest BCUT2D eigenvalue weighted by molar-refractivity contribution is 6.33. The van der Waals surface area contributed by atoms with Crippen molar-refractivity contribution in [1.29, 1.82) is 0 Å². The molecule has 116 valence electrons. The Morgan fingerprint density at radius 1 is 1.09 bits per heavy atom. The zero-order valence-corrected chi connectivity index (χ0v) is 14.0. The number of hydrogen-bond donors (Lipinski definition) is 0. The maximum Gasteiger partial charge on any atom is 0.262 e. The second-order valence-corrected chi connectivity index (χ2v) is 6.87. The Balaban J connectivity index is 2.04. The molecule has 1 aromatic heterocycles. The van der Waals surface area contributed by atoms with Crippen LogP contribution in [0.2, 0.25) is 5.02 Å². The monoisotopic (exact) mass is 318 g/mol. The van der Waals surface area contributed by atoms with E-state index in [9.17, 15) is 9.59 Å². The first kappa shape index (κ1) is 15.2. The molecule has 0 aromatic carbocycles. The summed E-state index contributed by atoms with van der Waals surface area (Å²) >= 11 is 6.06. The van der Waals surface area contributed by atoms with Crippen LogP contribution in [0.1, 0.15) is 37.9 Å². The quantitative estimate of drug-likeness (QED) is 0.744. The van der Waals surface area contributed by atoms with E-state index in [-0.39, 0.29) is 11.8 Å². The lowest BCUT2D eigenvalue weighted by Gasteiger charge is -2.24. The van der Waals surface area contributed by atoms with E-state index in [0.717, 1.165) is 5.56 Å². The molecule has 0 saturated carbocycles. The summed E-state index contributed by atoms with van der Waals surface area (Å²) in [5.41, 5.74) is 2.70. The minimum Gasteiger partial charge on any atom is -0.269 e. The summed E-state index contributed by atoms with van der Waals surface area (Å²) in [5, 5.41) is 0.542. The normalized spacial score (nSPS) is 25.0. The molecule has 0 radical (unpaired) electrons. The molecule has 2 amide bonds. The minimum absolute atomic E-state index is 0.212. The molecule has 2 atom stereocenters. The number of pyridine rings is 1. The molecule has 5 heteroatoms. The summed E-state index contributed by atoms with van der Waals surface area (Å²) in [4.78, 5) is 31.1. The molecular weight excluding hydrogens is 300 g/mol. The Hall–Kier alpha value is -1.68. The molecule has 1 aromatic rings. The van der Waals surface area contributed by atoms with Crippen LogP contribution in [0.4, 0.5) is 5.82 Å². The van der Waals surface area contributed by atoms with Gasteiger partial charge in [-0.25, -0.2) is 9.88 Å². The predicted octanol–water partition coefficient (Wildman–Crippen LogP) is 3.59. The number of amides is 2. The second-order valence-electron chi connectivity index (χ2n) is 6.46. The van der Waals surface area contributed by atoms with Crippen LogP contribution in [0.3, 0.4) is 0 Å². The minimum atomic E-state index is -0.212. The average Bonchev–Trinajstić information content (AvgIpc) is 2.68. The lowest BCUT2D eigenvalue weighted by molar-refractivity contribution is -0.120. The lowest BCUT2D eigenvalue weighted by atomic mass is 9.78. The van der Waals surface area contributed by atoms with Gasteiger partial charge in [-0.05, 0) is 50.2 Å². The molecule has 0 spiro atoms. The van der Waals surface area contributed by atoms with Gasteiger partial charge >= 0.3 is 0 Å². The fourth-order valence-corrected chi connectivity index (χ4v) is 3.37. The van der Waals surface area contributed by atoms with Crippen molar-refractivity contribution >= 4 is 29.2 Å². The first-order valence-corrected chi connectivity index (χ1v) is 7.93. The summed E-state index contributed by atoms with van der Waals surface area (Å²) in [6.07, 6.45) is 1.34. The van der Waals surface area contributed by atoms with Crippen LogP contribution in [0.15, 0.2) is 17.2 Å². The third kappa shape index (κ3) is 2.17. The van der Waals surface area contributed by atoms with E-state index in [0.29, 0.717) is 52.4 Å². The van der Waals surface area contributed by atoms with Gasteiger partial charge in [-0.15, -0.1) is 0 Å². The predicted molar refractivity (Wildman–Crippen MR) is 85.8 cm³/mol. The maximum absolute atomic E-state index is 12.7. The first-order valence-electron chi connectivity index (χ1n) is 7.55. The SMILES string of the molecule is Cc1cc(Cl)c(C)nc1N1C(=O)C2=C(CC(C)C(C)C2)C1=O. The summed E-state index contributed by atoms with van der Waals surface area (Å²) < 4.78 is 0.